The normalized spacial score (nSPS) is 11.3. The predicted molar refractivity (Wildman–Crippen MR) is 87.1 cm³/mol. The van der Waals surface area contributed by atoms with Crippen molar-refractivity contribution >= 4 is 40.0 Å². The average molecular weight is 328 g/mol. The summed E-state index contributed by atoms with van der Waals surface area (Å²) in [6, 6.07) is 9.60. The Kier molecular flexibility index (Phi) is 3.40. The molecule has 108 valence electrons. The lowest BCUT2D eigenvalue weighted by molar-refractivity contribution is 0.879. The molecule has 0 N–H and O–H groups in total. The van der Waals surface area contributed by atoms with Crippen molar-refractivity contribution in [3.8, 4) is 0 Å². The molecule has 0 atom stereocenters. The summed E-state index contributed by atoms with van der Waals surface area (Å²) in [5, 5.41) is 6.76. The largest absolute Gasteiger partial charge is 0.256 e. The first kappa shape index (κ1) is 13.5. The molecule has 0 fully saturated rings. The number of nitrogens with zero attached hydrogens (tertiary/aromatic N) is 5. The van der Waals surface area contributed by atoms with Gasteiger partial charge < -0.3 is 0 Å². The van der Waals surface area contributed by atoms with Gasteiger partial charge in [0.2, 0.25) is 5.16 Å². The highest BCUT2D eigenvalue weighted by molar-refractivity contribution is 7.98. The Bertz CT molecular complexity index is 935. The van der Waals surface area contributed by atoms with Gasteiger partial charge in [-0.1, -0.05) is 29.4 Å². The molecule has 0 radical (unpaired) electrons. The Morgan fingerprint density at radius 1 is 1.09 bits per heavy atom. The van der Waals surface area contributed by atoms with E-state index in [0.717, 1.165) is 22.2 Å². The summed E-state index contributed by atoms with van der Waals surface area (Å²) in [4.78, 5) is 13.0. The Balaban J connectivity index is 1.65. The maximum Gasteiger partial charge on any atom is 0.253 e. The minimum Gasteiger partial charge on any atom is -0.256 e. The molecule has 0 unspecified atom stereocenters. The molecule has 0 amide bonds. The van der Waals surface area contributed by atoms with Crippen molar-refractivity contribution in [2.45, 2.75) is 10.9 Å². The zero-order chi connectivity index (χ0) is 14.9. The third kappa shape index (κ3) is 2.40. The van der Waals surface area contributed by atoms with Crippen LogP contribution in [-0.4, -0.2) is 24.6 Å². The van der Waals surface area contributed by atoms with Crippen molar-refractivity contribution in [1.82, 2.24) is 24.6 Å². The SMILES string of the molecule is Clc1ccc(CSc2nc3ncccn3n2)c2ncccc12. The van der Waals surface area contributed by atoms with E-state index in [-0.39, 0.29) is 0 Å². The van der Waals surface area contributed by atoms with E-state index in [1.165, 1.54) is 0 Å². The van der Waals surface area contributed by atoms with Gasteiger partial charge in [0, 0.05) is 34.8 Å². The van der Waals surface area contributed by atoms with E-state index in [0.29, 0.717) is 16.0 Å². The molecule has 0 aliphatic heterocycles. The van der Waals surface area contributed by atoms with Crippen LogP contribution in [-0.2, 0) is 5.75 Å². The molecule has 22 heavy (non-hydrogen) atoms. The van der Waals surface area contributed by atoms with Crippen LogP contribution in [0.15, 0.2) is 54.1 Å². The molecule has 0 spiro atoms. The monoisotopic (exact) mass is 327 g/mol. The smallest absolute Gasteiger partial charge is 0.253 e. The van der Waals surface area contributed by atoms with Gasteiger partial charge in [-0.15, -0.1) is 5.10 Å². The number of rotatable bonds is 3. The first-order valence-corrected chi connectivity index (χ1v) is 8.00. The highest BCUT2D eigenvalue weighted by Gasteiger charge is 2.09. The summed E-state index contributed by atoms with van der Waals surface area (Å²) >= 11 is 7.77. The molecule has 7 heteroatoms. The second-order valence-corrected chi connectivity index (χ2v) is 6.00. The number of aromatic nitrogens is 5. The van der Waals surface area contributed by atoms with Gasteiger partial charge in [0.1, 0.15) is 0 Å². The maximum atomic E-state index is 6.22. The number of fused-ring (bicyclic) bond motifs is 2. The molecule has 0 aliphatic rings. The van der Waals surface area contributed by atoms with Crippen molar-refractivity contribution in [3.05, 3.63) is 59.5 Å². The van der Waals surface area contributed by atoms with Gasteiger partial charge in [-0.25, -0.2) is 9.50 Å². The molecule has 1 aromatic carbocycles. The van der Waals surface area contributed by atoms with Gasteiger partial charge in [-0.3, -0.25) is 4.98 Å². The molecular weight excluding hydrogens is 318 g/mol. The van der Waals surface area contributed by atoms with E-state index >= 15 is 0 Å². The highest BCUT2D eigenvalue weighted by Crippen LogP contribution is 2.28. The van der Waals surface area contributed by atoms with Crippen LogP contribution in [0.2, 0.25) is 5.02 Å². The van der Waals surface area contributed by atoms with Gasteiger partial charge >= 0.3 is 0 Å². The number of halogens is 1. The van der Waals surface area contributed by atoms with E-state index in [1.807, 2.05) is 36.5 Å². The summed E-state index contributed by atoms with van der Waals surface area (Å²) in [6.07, 6.45) is 5.31. The van der Waals surface area contributed by atoms with Crippen LogP contribution in [0.4, 0.5) is 0 Å². The number of hydrogen-bond donors (Lipinski definition) is 0. The topological polar surface area (TPSA) is 56.0 Å². The highest BCUT2D eigenvalue weighted by atomic mass is 35.5. The number of benzene rings is 1. The third-order valence-electron chi connectivity index (χ3n) is 3.25. The summed E-state index contributed by atoms with van der Waals surface area (Å²) < 4.78 is 1.67. The van der Waals surface area contributed by atoms with E-state index in [4.69, 9.17) is 11.6 Å². The zero-order valence-corrected chi connectivity index (χ0v) is 12.9. The van der Waals surface area contributed by atoms with Crippen LogP contribution >= 0.6 is 23.4 Å². The van der Waals surface area contributed by atoms with Crippen molar-refractivity contribution in [3.63, 3.8) is 0 Å². The fourth-order valence-electron chi connectivity index (χ4n) is 2.23. The van der Waals surface area contributed by atoms with Gasteiger partial charge in [0.25, 0.3) is 5.78 Å². The van der Waals surface area contributed by atoms with E-state index in [1.54, 1.807) is 28.7 Å². The first-order valence-electron chi connectivity index (χ1n) is 6.63. The fourth-order valence-corrected chi connectivity index (χ4v) is 3.25. The minimum absolute atomic E-state index is 0.601. The number of thioether (sulfide) groups is 1. The molecule has 3 aromatic heterocycles. The summed E-state index contributed by atoms with van der Waals surface area (Å²) in [5.41, 5.74) is 2.03. The Hall–Kier alpha value is -2.18. The van der Waals surface area contributed by atoms with E-state index in [9.17, 15) is 0 Å². The van der Waals surface area contributed by atoms with Gasteiger partial charge in [-0.2, -0.15) is 4.98 Å². The summed E-state index contributed by atoms with van der Waals surface area (Å²) in [7, 11) is 0. The summed E-state index contributed by atoms with van der Waals surface area (Å²) in [5.74, 6) is 1.32. The number of pyridine rings is 1. The Morgan fingerprint density at radius 3 is 2.91 bits per heavy atom. The lowest BCUT2D eigenvalue weighted by Crippen LogP contribution is -1.89. The molecule has 3 heterocycles. The van der Waals surface area contributed by atoms with Crippen LogP contribution in [0.25, 0.3) is 16.7 Å². The molecule has 4 rings (SSSR count). The lowest BCUT2D eigenvalue weighted by atomic mass is 10.1. The van der Waals surface area contributed by atoms with E-state index in [2.05, 4.69) is 20.1 Å². The van der Waals surface area contributed by atoms with Gasteiger partial charge in [0.05, 0.1) is 5.52 Å². The molecule has 0 saturated carbocycles. The standard InChI is InChI=1S/C15H10ClN5S/c16-12-5-4-10(13-11(12)3-1-6-17-13)9-22-15-19-14-18-7-2-8-21(14)20-15/h1-8H,9H2. The average Bonchev–Trinajstić information content (AvgIpc) is 2.97. The molecule has 0 bridgehead atoms. The molecule has 4 aromatic rings. The Labute approximate surface area is 135 Å². The van der Waals surface area contributed by atoms with Crippen LogP contribution in [0.5, 0.6) is 0 Å². The van der Waals surface area contributed by atoms with Gasteiger partial charge in [-0.05, 0) is 29.8 Å². The second-order valence-electron chi connectivity index (χ2n) is 4.65. The van der Waals surface area contributed by atoms with Crippen LogP contribution in [0.3, 0.4) is 0 Å². The molecular formula is C15H10ClN5S. The number of hydrogen-bond acceptors (Lipinski definition) is 5. The maximum absolute atomic E-state index is 6.22. The first-order chi connectivity index (χ1) is 10.8. The molecule has 5 nitrogen and oxygen atoms in total. The zero-order valence-electron chi connectivity index (χ0n) is 11.3. The third-order valence-corrected chi connectivity index (χ3v) is 4.47. The van der Waals surface area contributed by atoms with Crippen LogP contribution < -0.4 is 0 Å². The van der Waals surface area contributed by atoms with Crippen molar-refractivity contribution < 1.29 is 0 Å². The van der Waals surface area contributed by atoms with Crippen molar-refractivity contribution in [2.24, 2.45) is 0 Å². The fraction of sp³-hybridized carbons (Fsp3) is 0.0667. The van der Waals surface area contributed by atoms with E-state index < -0.39 is 0 Å². The van der Waals surface area contributed by atoms with Crippen molar-refractivity contribution in [1.29, 1.82) is 0 Å². The van der Waals surface area contributed by atoms with Crippen molar-refractivity contribution in [2.75, 3.05) is 0 Å². The molecule has 0 saturated heterocycles. The predicted octanol–water partition coefficient (Wildman–Crippen LogP) is 3.62. The van der Waals surface area contributed by atoms with Gasteiger partial charge in [0.15, 0.2) is 0 Å². The summed E-state index contributed by atoms with van der Waals surface area (Å²) in [6.45, 7) is 0. The Morgan fingerprint density at radius 2 is 2.00 bits per heavy atom. The van der Waals surface area contributed by atoms with Crippen LogP contribution in [0, 0.1) is 0 Å². The quantitative estimate of drug-likeness (QED) is 0.538. The minimum atomic E-state index is 0.601. The lowest BCUT2D eigenvalue weighted by Gasteiger charge is -2.05. The molecule has 0 aliphatic carbocycles. The van der Waals surface area contributed by atoms with Crippen LogP contribution in [0.1, 0.15) is 5.56 Å². The second kappa shape index (κ2) is 5.55.